The second-order valence-electron chi connectivity index (χ2n) is 2.55. The van der Waals surface area contributed by atoms with Crippen molar-refractivity contribution in [2.24, 2.45) is 5.73 Å². The third-order valence-corrected chi connectivity index (χ3v) is 2.14. The van der Waals surface area contributed by atoms with E-state index in [1.807, 2.05) is 6.07 Å². The molecule has 1 atom stereocenters. The van der Waals surface area contributed by atoms with Crippen molar-refractivity contribution >= 4 is 10.1 Å². The monoisotopic (exact) mass is 192 g/mol. The van der Waals surface area contributed by atoms with Crippen LogP contribution in [0, 0.1) is 11.3 Å². The molecule has 0 bridgehead atoms. The Morgan fingerprint density at radius 2 is 2.17 bits per heavy atom. The molecule has 0 aromatic carbocycles. The Balaban J connectivity index is 3.52. The van der Waals surface area contributed by atoms with Gasteiger partial charge in [-0.3, -0.25) is 4.55 Å². The second-order valence-corrected chi connectivity index (χ2v) is 4.12. The minimum Gasteiger partial charge on any atom is -0.327 e. The number of rotatable bonds is 5. The van der Waals surface area contributed by atoms with E-state index in [9.17, 15) is 8.42 Å². The van der Waals surface area contributed by atoms with Crippen LogP contribution < -0.4 is 5.73 Å². The third-order valence-electron chi connectivity index (χ3n) is 1.33. The highest BCUT2D eigenvalue weighted by molar-refractivity contribution is 7.85. The van der Waals surface area contributed by atoms with Crippen molar-refractivity contribution in [1.29, 1.82) is 5.26 Å². The summed E-state index contributed by atoms with van der Waals surface area (Å²) in [6.07, 6.45) is 0.945. The summed E-state index contributed by atoms with van der Waals surface area (Å²) >= 11 is 0. The van der Waals surface area contributed by atoms with Crippen LogP contribution in [0.5, 0.6) is 0 Å². The molecule has 0 aliphatic carbocycles. The van der Waals surface area contributed by atoms with E-state index >= 15 is 0 Å². The summed E-state index contributed by atoms with van der Waals surface area (Å²) in [6, 6.07) is 1.58. The minimum atomic E-state index is -3.87. The lowest BCUT2D eigenvalue weighted by atomic mass is 10.1. The summed E-state index contributed by atoms with van der Waals surface area (Å²) in [4.78, 5) is 0. The SMILES string of the molecule is N#CC[C@H](N)CCCS(=O)(=O)O. The van der Waals surface area contributed by atoms with E-state index in [-0.39, 0.29) is 18.2 Å². The molecule has 0 aromatic heterocycles. The number of hydrogen-bond acceptors (Lipinski definition) is 4. The van der Waals surface area contributed by atoms with E-state index in [1.165, 1.54) is 0 Å². The van der Waals surface area contributed by atoms with Gasteiger partial charge in [-0.05, 0) is 12.8 Å². The lowest BCUT2D eigenvalue weighted by molar-refractivity contribution is 0.477. The molecule has 0 spiro atoms. The maximum atomic E-state index is 10.2. The fourth-order valence-electron chi connectivity index (χ4n) is 0.747. The molecular formula is C6H12N2O3S. The van der Waals surface area contributed by atoms with E-state index in [0.29, 0.717) is 12.8 Å². The fraction of sp³-hybridized carbons (Fsp3) is 0.833. The standard InChI is InChI=1S/C6H12N2O3S/c7-4-3-6(8)2-1-5-12(9,10)11/h6H,1-3,5,8H2,(H,9,10,11)/t6-/m1/s1. The average Bonchev–Trinajstić information content (AvgIpc) is 1.84. The summed E-state index contributed by atoms with van der Waals surface area (Å²) in [5, 5.41) is 8.20. The topological polar surface area (TPSA) is 104 Å². The van der Waals surface area contributed by atoms with Gasteiger partial charge in [0.25, 0.3) is 10.1 Å². The van der Waals surface area contributed by atoms with Crippen molar-refractivity contribution in [3.8, 4) is 6.07 Å². The molecular weight excluding hydrogens is 180 g/mol. The highest BCUT2D eigenvalue weighted by Crippen LogP contribution is 2.00. The Kier molecular flexibility index (Phi) is 4.81. The molecule has 0 rings (SSSR count). The van der Waals surface area contributed by atoms with E-state index in [1.54, 1.807) is 0 Å². The van der Waals surface area contributed by atoms with E-state index < -0.39 is 10.1 Å². The molecule has 0 unspecified atom stereocenters. The molecule has 0 aliphatic rings. The van der Waals surface area contributed by atoms with Gasteiger partial charge in [-0.15, -0.1) is 0 Å². The molecule has 0 saturated carbocycles. The van der Waals surface area contributed by atoms with Crippen LogP contribution in [0.1, 0.15) is 19.3 Å². The molecule has 0 aliphatic heterocycles. The van der Waals surface area contributed by atoms with Gasteiger partial charge < -0.3 is 5.73 Å². The fourth-order valence-corrected chi connectivity index (χ4v) is 1.28. The van der Waals surface area contributed by atoms with Crippen LogP contribution in [0.2, 0.25) is 0 Å². The van der Waals surface area contributed by atoms with Crippen molar-refractivity contribution in [2.75, 3.05) is 5.75 Å². The first kappa shape index (κ1) is 11.4. The van der Waals surface area contributed by atoms with Gasteiger partial charge in [0.15, 0.2) is 0 Å². The Morgan fingerprint density at radius 1 is 1.58 bits per heavy atom. The van der Waals surface area contributed by atoms with Gasteiger partial charge in [-0.1, -0.05) is 0 Å². The van der Waals surface area contributed by atoms with Gasteiger partial charge in [-0.2, -0.15) is 13.7 Å². The summed E-state index contributed by atoms with van der Waals surface area (Å²) in [5.74, 6) is -0.286. The quantitative estimate of drug-likeness (QED) is 0.591. The van der Waals surface area contributed by atoms with E-state index in [0.717, 1.165) is 0 Å². The summed E-state index contributed by atoms with van der Waals surface area (Å²) in [7, 11) is -3.87. The first-order valence-electron chi connectivity index (χ1n) is 3.53. The van der Waals surface area contributed by atoms with Crippen molar-refractivity contribution < 1.29 is 13.0 Å². The molecule has 3 N–H and O–H groups in total. The van der Waals surface area contributed by atoms with Crippen molar-refractivity contribution in [2.45, 2.75) is 25.3 Å². The zero-order chi connectivity index (χ0) is 9.61. The van der Waals surface area contributed by atoms with Crippen molar-refractivity contribution in [3.63, 3.8) is 0 Å². The highest BCUT2D eigenvalue weighted by atomic mass is 32.2. The van der Waals surface area contributed by atoms with Crippen LogP contribution >= 0.6 is 0 Å². The second kappa shape index (κ2) is 5.09. The Hall–Kier alpha value is -0.640. The largest absolute Gasteiger partial charge is 0.327 e. The molecule has 6 heteroatoms. The molecule has 12 heavy (non-hydrogen) atoms. The lowest BCUT2D eigenvalue weighted by Crippen LogP contribution is -2.20. The Bertz CT molecular complexity index is 254. The molecule has 0 amide bonds. The number of hydrogen-bond donors (Lipinski definition) is 2. The maximum absolute atomic E-state index is 10.2. The van der Waals surface area contributed by atoms with Crippen LogP contribution in [0.25, 0.3) is 0 Å². The summed E-state index contributed by atoms with van der Waals surface area (Å²) < 4.78 is 28.8. The summed E-state index contributed by atoms with van der Waals surface area (Å²) in [5.41, 5.74) is 5.41. The highest BCUT2D eigenvalue weighted by Gasteiger charge is 2.06. The van der Waals surface area contributed by atoms with E-state index in [4.69, 9.17) is 15.5 Å². The van der Waals surface area contributed by atoms with Crippen LogP contribution in [0.15, 0.2) is 0 Å². The smallest absolute Gasteiger partial charge is 0.264 e. The Morgan fingerprint density at radius 3 is 2.58 bits per heavy atom. The predicted octanol–water partition coefficient (Wildman–Crippen LogP) is -0.105. The van der Waals surface area contributed by atoms with Gasteiger partial charge in [0.2, 0.25) is 0 Å². The zero-order valence-corrected chi connectivity index (χ0v) is 7.42. The van der Waals surface area contributed by atoms with Gasteiger partial charge >= 0.3 is 0 Å². The van der Waals surface area contributed by atoms with E-state index in [2.05, 4.69) is 0 Å². The molecule has 0 radical (unpaired) electrons. The van der Waals surface area contributed by atoms with Crippen molar-refractivity contribution in [3.05, 3.63) is 0 Å². The molecule has 0 fully saturated rings. The Labute approximate surface area is 71.9 Å². The molecule has 5 nitrogen and oxygen atoms in total. The van der Waals surface area contributed by atoms with Crippen LogP contribution in [-0.2, 0) is 10.1 Å². The number of nitriles is 1. The first-order valence-corrected chi connectivity index (χ1v) is 5.14. The van der Waals surface area contributed by atoms with Crippen LogP contribution in [0.3, 0.4) is 0 Å². The average molecular weight is 192 g/mol. The van der Waals surface area contributed by atoms with Crippen molar-refractivity contribution in [1.82, 2.24) is 0 Å². The van der Waals surface area contributed by atoms with Gasteiger partial charge in [0.05, 0.1) is 18.2 Å². The first-order chi connectivity index (χ1) is 5.45. The minimum absolute atomic E-state index is 0.214. The van der Waals surface area contributed by atoms with Crippen LogP contribution in [-0.4, -0.2) is 24.8 Å². The molecule has 0 saturated heterocycles. The molecule has 0 aromatic rings. The van der Waals surface area contributed by atoms with Crippen LogP contribution in [0.4, 0.5) is 0 Å². The molecule has 0 heterocycles. The number of nitrogens with two attached hydrogens (primary N) is 1. The zero-order valence-electron chi connectivity index (χ0n) is 6.60. The summed E-state index contributed by atoms with van der Waals surface area (Å²) in [6.45, 7) is 0. The van der Waals surface area contributed by atoms with Gasteiger partial charge in [0.1, 0.15) is 0 Å². The number of nitrogens with zero attached hydrogens (tertiary/aromatic N) is 1. The normalized spacial score (nSPS) is 13.8. The predicted molar refractivity (Wildman–Crippen MR) is 43.9 cm³/mol. The molecule has 70 valence electrons. The lowest BCUT2D eigenvalue weighted by Gasteiger charge is -2.04. The maximum Gasteiger partial charge on any atom is 0.264 e. The third kappa shape index (κ3) is 7.47. The van der Waals surface area contributed by atoms with Gasteiger partial charge in [-0.25, -0.2) is 0 Å². The van der Waals surface area contributed by atoms with Gasteiger partial charge in [0, 0.05) is 6.04 Å².